The third-order valence-electron chi connectivity index (χ3n) is 12.1. The number of carbonyl (C=O) groups is 3. The Hall–Kier alpha value is -6.17. The zero-order chi connectivity index (χ0) is 39.3. The number of amides is 2. The van der Waals surface area contributed by atoms with E-state index in [0.29, 0.717) is 41.5 Å². The molecular formula is C46H43N3O8. The minimum absolute atomic E-state index is 0.117. The van der Waals surface area contributed by atoms with Crippen molar-refractivity contribution in [2.24, 2.45) is 5.92 Å². The van der Waals surface area contributed by atoms with Crippen LogP contribution in [0.25, 0.3) is 0 Å². The number of fused-ring (bicyclic) bond motifs is 4. The maximum Gasteiger partial charge on any atom is 0.324 e. The van der Waals surface area contributed by atoms with E-state index in [1.807, 2.05) is 109 Å². The minimum atomic E-state index is -1.57. The average molecular weight is 766 g/mol. The number of cyclic esters (lactones) is 1. The van der Waals surface area contributed by atoms with Crippen LogP contribution in [0.5, 0.6) is 17.2 Å². The van der Waals surface area contributed by atoms with Crippen molar-refractivity contribution in [3.63, 3.8) is 0 Å². The summed E-state index contributed by atoms with van der Waals surface area (Å²) in [7, 11) is 3.17. The Morgan fingerprint density at radius 1 is 0.807 bits per heavy atom. The molecule has 6 atom stereocenters. The van der Waals surface area contributed by atoms with Gasteiger partial charge in [0.2, 0.25) is 11.8 Å². The molecule has 4 aliphatic rings. The lowest BCUT2D eigenvalue weighted by molar-refractivity contribution is -0.179. The number of nitrogens with one attached hydrogen (secondary N) is 1. The maximum absolute atomic E-state index is 15.8. The largest absolute Gasteiger partial charge is 0.493 e. The number of esters is 1. The van der Waals surface area contributed by atoms with Crippen molar-refractivity contribution in [3.8, 4) is 17.2 Å². The molecule has 11 heteroatoms. The number of aliphatic hydroxyl groups excluding tert-OH is 1. The molecule has 6 unspecified atom stereocenters. The number of para-hydroxylation sites is 1. The first-order chi connectivity index (χ1) is 27.9. The number of anilines is 1. The molecule has 290 valence electrons. The van der Waals surface area contributed by atoms with E-state index in [-0.39, 0.29) is 31.6 Å². The smallest absolute Gasteiger partial charge is 0.324 e. The number of morpholine rings is 1. The first-order valence-corrected chi connectivity index (χ1v) is 19.2. The van der Waals surface area contributed by atoms with Gasteiger partial charge in [0.05, 0.1) is 38.8 Å². The zero-order valence-corrected chi connectivity index (χ0v) is 31.7. The minimum Gasteiger partial charge on any atom is -0.493 e. The lowest BCUT2D eigenvalue weighted by Gasteiger charge is -2.46. The number of hydrogen-bond donors (Lipinski definition) is 2. The number of benzene rings is 5. The molecule has 0 radical (unpaired) electrons. The molecule has 2 N–H and O–H groups in total. The van der Waals surface area contributed by atoms with Crippen molar-refractivity contribution in [1.29, 1.82) is 0 Å². The van der Waals surface area contributed by atoms with E-state index in [1.54, 1.807) is 31.3 Å². The molecule has 2 saturated heterocycles. The molecular weight excluding hydrogens is 723 g/mol. The van der Waals surface area contributed by atoms with E-state index in [0.717, 1.165) is 27.8 Å². The highest BCUT2D eigenvalue weighted by molar-refractivity contribution is 6.12. The van der Waals surface area contributed by atoms with Crippen LogP contribution in [0, 0.1) is 5.92 Å². The number of carbonyl (C=O) groups excluding carboxylic acids is 3. The number of nitrogens with zero attached hydrogens (tertiary/aromatic N) is 2. The van der Waals surface area contributed by atoms with E-state index in [4.69, 9.17) is 18.9 Å². The van der Waals surface area contributed by atoms with Gasteiger partial charge in [0.25, 0.3) is 0 Å². The van der Waals surface area contributed by atoms with Gasteiger partial charge in [-0.1, -0.05) is 91.0 Å². The lowest BCUT2D eigenvalue weighted by Crippen LogP contribution is -2.56. The first-order valence-electron chi connectivity index (χ1n) is 19.2. The van der Waals surface area contributed by atoms with Gasteiger partial charge in [-0.05, 0) is 70.1 Å². The number of hydrogen-bond acceptors (Lipinski definition) is 9. The van der Waals surface area contributed by atoms with Crippen LogP contribution >= 0.6 is 0 Å². The predicted octanol–water partition coefficient (Wildman–Crippen LogP) is 5.93. The molecule has 57 heavy (non-hydrogen) atoms. The second-order valence-electron chi connectivity index (χ2n) is 14.9. The summed E-state index contributed by atoms with van der Waals surface area (Å²) in [5, 5.41) is 12.6. The molecule has 5 aromatic rings. The van der Waals surface area contributed by atoms with Crippen LogP contribution in [0.15, 0.2) is 121 Å². The van der Waals surface area contributed by atoms with Crippen molar-refractivity contribution in [2.75, 3.05) is 39.3 Å². The van der Waals surface area contributed by atoms with Crippen molar-refractivity contribution < 1.29 is 38.4 Å². The van der Waals surface area contributed by atoms with E-state index in [1.165, 1.54) is 0 Å². The van der Waals surface area contributed by atoms with Gasteiger partial charge in [-0.15, -0.1) is 0 Å². The van der Waals surface area contributed by atoms with Crippen LogP contribution in [-0.4, -0.2) is 72.7 Å². The number of rotatable bonds is 9. The summed E-state index contributed by atoms with van der Waals surface area (Å²) in [6, 6.07) is 35.6. The Labute approximate surface area is 330 Å². The SMILES string of the molecule is COc1cc2c(cc1OC)CN(C(=O)C1C3C(=O)OC(c4ccccc4)C(c4ccccc4)N3C(c3ccc(OCCO)cc3)C13C(=O)Nc1ccccc13)CC2. The van der Waals surface area contributed by atoms with Crippen molar-refractivity contribution in [2.45, 2.75) is 42.6 Å². The third-order valence-corrected chi connectivity index (χ3v) is 12.1. The van der Waals surface area contributed by atoms with Gasteiger partial charge in [-0.2, -0.15) is 0 Å². The molecule has 5 aromatic carbocycles. The Morgan fingerprint density at radius 3 is 2.14 bits per heavy atom. The molecule has 0 aromatic heterocycles. The van der Waals surface area contributed by atoms with E-state index >= 15 is 14.4 Å². The van der Waals surface area contributed by atoms with Crippen LogP contribution in [0.2, 0.25) is 0 Å². The van der Waals surface area contributed by atoms with Gasteiger partial charge in [-0.25, -0.2) is 0 Å². The second-order valence-corrected chi connectivity index (χ2v) is 14.9. The monoisotopic (exact) mass is 765 g/mol. The molecule has 4 heterocycles. The standard InChI is InChI=1S/C46H43N3O8/c1-54-36-25-31-21-22-48(27-32(31)26-37(36)55-2)43(51)38-40-44(52)57-41(29-13-7-4-8-14-29)39(28-11-5-3-6-12-28)49(40)42(30-17-19-33(20-18-30)56-24-23-50)46(38)34-15-9-10-16-35(34)47-45(46)53/h3-20,25-26,38-42,50H,21-24,27H2,1-2H3,(H,47,53). The van der Waals surface area contributed by atoms with Crippen molar-refractivity contribution >= 4 is 23.5 Å². The van der Waals surface area contributed by atoms with Crippen LogP contribution in [0.1, 0.15) is 51.6 Å². The quantitative estimate of drug-likeness (QED) is 0.176. The molecule has 0 saturated carbocycles. The van der Waals surface area contributed by atoms with E-state index < -0.39 is 41.5 Å². The molecule has 2 fully saturated rings. The van der Waals surface area contributed by atoms with E-state index in [9.17, 15) is 5.11 Å². The summed E-state index contributed by atoms with van der Waals surface area (Å²) in [5.41, 5.74) is 4.01. The van der Waals surface area contributed by atoms with Gasteiger partial charge in [0.15, 0.2) is 11.5 Å². The second kappa shape index (κ2) is 14.7. The summed E-state index contributed by atoms with van der Waals surface area (Å²) in [6.45, 7) is 0.593. The molecule has 11 nitrogen and oxygen atoms in total. The van der Waals surface area contributed by atoms with Gasteiger partial charge in [0, 0.05) is 18.8 Å². The number of aliphatic hydroxyl groups is 1. The third kappa shape index (κ3) is 5.83. The van der Waals surface area contributed by atoms with Crippen LogP contribution < -0.4 is 19.5 Å². The molecule has 0 bridgehead atoms. The summed E-state index contributed by atoms with van der Waals surface area (Å²) < 4.78 is 23.5. The average Bonchev–Trinajstić information content (AvgIpc) is 3.74. The highest BCUT2D eigenvalue weighted by atomic mass is 16.6. The fourth-order valence-electron chi connectivity index (χ4n) is 9.71. The van der Waals surface area contributed by atoms with Crippen molar-refractivity contribution in [3.05, 3.63) is 155 Å². The first kappa shape index (κ1) is 36.5. The van der Waals surface area contributed by atoms with Crippen LogP contribution in [0.4, 0.5) is 5.69 Å². The van der Waals surface area contributed by atoms with Gasteiger partial charge in [0.1, 0.15) is 29.9 Å². The van der Waals surface area contributed by atoms with Gasteiger partial charge >= 0.3 is 5.97 Å². The normalized spacial score (nSPS) is 24.9. The van der Waals surface area contributed by atoms with E-state index in [2.05, 4.69) is 10.2 Å². The molecule has 2 amide bonds. The van der Waals surface area contributed by atoms with Crippen LogP contribution in [0.3, 0.4) is 0 Å². The maximum atomic E-state index is 15.8. The molecule has 9 rings (SSSR count). The van der Waals surface area contributed by atoms with Crippen molar-refractivity contribution in [1.82, 2.24) is 9.80 Å². The topological polar surface area (TPSA) is 127 Å². The zero-order valence-electron chi connectivity index (χ0n) is 31.7. The summed E-state index contributed by atoms with van der Waals surface area (Å²) in [4.78, 5) is 50.0. The fraction of sp³-hybridized carbons (Fsp3) is 0.283. The highest BCUT2D eigenvalue weighted by Crippen LogP contribution is 2.65. The summed E-state index contributed by atoms with van der Waals surface area (Å²) in [5.74, 6) is -0.724. The highest BCUT2D eigenvalue weighted by Gasteiger charge is 2.74. The predicted molar refractivity (Wildman–Crippen MR) is 211 cm³/mol. The van der Waals surface area contributed by atoms with Crippen LogP contribution in [-0.2, 0) is 37.5 Å². The molecule has 4 aliphatic heterocycles. The van der Waals surface area contributed by atoms with Gasteiger partial charge < -0.3 is 34.3 Å². The Morgan fingerprint density at radius 2 is 1.46 bits per heavy atom. The van der Waals surface area contributed by atoms with Gasteiger partial charge in [-0.3, -0.25) is 19.3 Å². The lowest BCUT2D eigenvalue weighted by atomic mass is 9.65. The number of ether oxygens (including phenoxy) is 4. The summed E-state index contributed by atoms with van der Waals surface area (Å²) in [6.07, 6.45) is -0.216. The molecule has 0 aliphatic carbocycles. The fourth-order valence-corrected chi connectivity index (χ4v) is 9.71. The molecule has 1 spiro atoms. The number of methoxy groups -OCH3 is 2. The Bertz CT molecular complexity index is 2320. The Kier molecular flexibility index (Phi) is 9.42. The summed E-state index contributed by atoms with van der Waals surface area (Å²) >= 11 is 0. The Balaban J connectivity index is 1.27.